The second kappa shape index (κ2) is 4.31. The molecule has 0 saturated carbocycles. The Balaban J connectivity index is 2.58. The Morgan fingerprint density at radius 1 is 1.50 bits per heavy atom. The molecular weight excluding hydrogens is 218 g/mol. The van der Waals surface area contributed by atoms with Gasteiger partial charge in [0.2, 0.25) is 0 Å². The Morgan fingerprint density at radius 3 is 2.57 bits per heavy atom. The van der Waals surface area contributed by atoms with Crippen LogP contribution in [0.3, 0.4) is 0 Å². The lowest BCUT2D eigenvalue weighted by molar-refractivity contribution is 0.598. The first-order valence-corrected chi connectivity index (χ1v) is 7.36. The zero-order valence-electron chi connectivity index (χ0n) is 8.57. The van der Waals surface area contributed by atoms with E-state index in [1.807, 2.05) is 24.6 Å². The van der Waals surface area contributed by atoms with Crippen molar-refractivity contribution in [3.63, 3.8) is 0 Å². The Hall–Kier alpha value is -0.550. The summed E-state index contributed by atoms with van der Waals surface area (Å²) in [5.41, 5.74) is 2.20. The summed E-state index contributed by atoms with van der Waals surface area (Å²) in [6.07, 6.45) is 1.26. The molecule has 0 aliphatic heterocycles. The molecule has 1 aromatic rings. The van der Waals surface area contributed by atoms with Gasteiger partial charge in [-0.2, -0.15) is 0 Å². The maximum absolute atomic E-state index is 11.0. The summed E-state index contributed by atoms with van der Waals surface area (Å²) in [5.74, 6) is 0.169. The summed E-state index contributed by atoms with van der Waals surface area (Å²) in [6.45, 7) is 3.88. The van der Waals surface area contributed by atoms with Gasteiger partial charge in [0, 0.05) is 23.4 Å². The highest BCUT2D eigenvalue weighted by atomic mass is 32.2. The fraction of sp³-hybridized carbons (Fsp3) is 0.556. The zero-order valence-corrected chi connectivity index (χ0v) is 10.2. The third-order valence-electron chi connectivity index (χ3n) is 1.81. The predicted octanol–water partition coefficient (Wildman–Crippen LogP) is 1.90. The maximum atomic E-state index is 11.0. The molecule has 3 nitrogen and oxygen atoms in total. The highest BCUT2D eigenvalue weighted by molar-refractivity contribution is 7.90. The Morgan fingerprint density at radius 2 is 2.14 bits per heavy atom. The van der Waals surface area contributed by atoms with Gasteiger partial charge in [0.1, 0.15) is 9.84 Å². The smallest absolute Gasteiger partial charge is 0.149 e. The van der Waals surface area contributed by atoms with E-state index in [1.54, 1.807) is 11.3 Å². The van der Waals surface area contributed by atoms with Gasteiger partial charge in [-0.3, -0.25) is 0 Å². The van der Waals surface area contributed by atoms with Crippen LogP contribution in [0.2, 0.25) is 0 Å². The van der Waals surface area contributed by atoms with E-state index in [2.05, 4.69) is 5.32 Å². The van der Waals surface area contributed by atoms with Crippen LogP contribution in [-0.2, 0) is 9.84 Å². The molecule has 1 atom stereocenters. The minimum Gasteiger partial charge on any atom is -0.381 e. The summed E-state index contributed by atoms with van der Waals surface area (Å²) >= 11 is 1.61. The fourth-order valence-electron chi connectivity index (χ4n) is 1.27. The summed E-state index contributed by atoms with van der Waals surface area (Å²) in [7, 11) is -2.90. The number of thiophene rings is 1. The monoisotopic (exact) mass is 233 g/mol. The summed E-state index contributed by atoms with van der Waals surface area (Å²) in [5, 5.41) is 7.21. The molecule has 0 radical (unpaired) electrons. The standard InChI is InChI=1S/C9H15NO2S2/c1-7-4-13-5-9(7)10-8(2)6-14(3,11)12/h4-5,8,10H,6H2,1-3H3. The first-order chi connectivity index (χ1) is 6.38. The molecule has 1 rings (SSSR count). The van der Waals surface area contributed by atoms with Crippen LogP contribution in [-0.4, -0.2) is 26.5 Å². The Bertz CT molecular complexity index is 395. The van der Waals surface area contributed by atoms with Crippen molar-refractivity contribution in [3.8, 4) is 0 Å². The molecule has 0 aromatic carbocycles. The molecule has 14 heavy (non-hydrogen) atoms. The van der Waals surface area contributed by atoms with Crippen molar-refractivity contribution in [2.24, 2.45) is 0 Å². The van der Waals surface area contributed by atoms with Crippen LogP contribution in [0.5, 0.6) is 0 Å². The fourth-order valence-corrected chi connectivity index (χ4v) is 3.05. The molecule has 0 aliphatic rings. The molecule has 0 bridgehead atoms. The highest BCUT2D eigenvalue weighted by Crippen LogP contribution is 2.20. The Labute approximate surface area is 89.1 Å². The lowest BCUT2D eigenvalue weighted by atomic mass is 10.3. The average molecular weight is 233 g/mol. The van der Waals surface area contributed by atoms with Gasteiger partial charge in [0.15, 0.2) is 0 Å². The van der Waals surface area contributed by atoms with Crippen molar-refractivity contribution in [3.05, 3.63) is 16.3 Å². The van der Waals surface area contributed by atoms with E-state index in [-0.39, 0.29) is 11.8 Å². The third-order valence-corrected chi connectivity index (χ3v) is 3.78. The molecule has 0 aliphatic carbocycles. The lowest BCUT2D eigenvalue weighted by Crippen LogP contribution is -2.24. The van der Waals surface area contributed by atoms with Gasteiger partial charge in [-0.05, 0) is 24.8 Å². The third kappa shape index (κ3) is 3.67. The molecule has 1 unspecified atom stereocenters. The number of nitrogens with one attached hydrogen (secondary N) is 1. The van der Waals surface area contributed by atoms with Crippen molar-refractivity contribution in [1.82, 2.24) is 0 Å². The molecule has 5 heteroatoms. The van der Waals surface area contributed by atoms with Crippen LogP contribution in [0.4, 0.5) is 5.69 Å². The Kier molecular flexibility index (Phi) is 3.55. The van der Waals surface area contributed by atoms with E-state index < -0.39 is 9.84 Å². The van der Waals surface area contributed by atoms with Crippen molar-refractivity contribution < 1.29 is 8.42 Å². The summed E-state index contributed by atoms with van der Waals surface area (Å²) < 4.78 is 22.0. The highest BCUT2D eigenvalue weighted by Gasteiger charge is 2.11. The summed E-state index contributed by atoms with van der Waals surface area (Å²) in [6, 6.07) is -0.0432. The van der Waals surface area contributed by atoms with Gasteiger partial charge in [-0.15, -0.1) is 11.3 Å². The summed E-state index contributed by atoms with van der Waals surface area (Å²) in [4.78, 5) is 0. The van der Waals surface area contributed by atoms with Crippen molar-refractivity contribution in [2.75, 3.05) is 17.3 Å². The molecule has 0 amide bonds. The van der Waals surface area contributed by atoms with E-state index in [0.29, 0.717) is 0 Å². The van der Waals surface area contributed by atoms with Gasteiger partial charge in [-0.25, -0.2) is 8.42 Å². The lowest BCUT2D eigenvalue weighted by Gasteiger charge is -2.13. The largest absolute Gasteiger partial charge is 0.381 e. The molecule has 80 valence electrons. The van der Waals surface area contributed by atoms with E-state index >= 15 is 0 Å². The molecular formula is C9H15NO2S2. The number of hydrogen-bond donors (Lipinski definition) is 1. The van der Waals surface area contributed by atoms with Crippen molar-refractivity contribution >= 4 is 26.9 Å². The molecule has 0 saturated heterocycles. The van der Waals surface area contributed by atoms with E-state index in [9.17, 15) is 8.42 Å². The topological polar surface area (TPSA) is 46.2 Å². The van der Waals surface area contributed by atoms with Crippen LogP contribution in [0.1, 0.15) is 12.5 Å². The quantitative estimate of drug-likeness (QED) is 0.864. The second-order valence-corrected chi connectivity index (χ2v) is 6.53. The number of aryl methyl sites for hydroxylation is 1. The van der Waals surface area contributed by atoms with Crippen LogP contribution in [0.25, 0.3) is 0 Å². The minimum absolute atomic E-state index is 0.0432. The molecule has 0 fully saturated rings. The van der Waals surface area contributed by atoms with Gasteiger partial charge >= 0.3 is 0 Å². The molecule has 1 heterocycles. The van der Waals surface area contributed by atoms with Crippen LogP contribution in [0, 0.1) is 6.92 Å². The first-order valence-electron chi connectivity index (χ1n) is 4.35. The van der Waals surface area contributed by atoms with E-state index in [0.717, 1.165) is 11.3 Å². The van der Waals surface area contributed by atoms with Gasteiger partial charge in [-0.1, -0.05) is 0 Å². The first kappa shape index (κ1) is 11.5. The number of hydrogen-bond acceptors (Lipinski definition) is 4. The predicted molar refractivity (Wildman–Crippen MR) is 61.9 cm³/mol. The van der Waals surface area contributed by atoms with Crippen molar-refractivity contribution in [2.45, 2.75) is 19.9 Å². The van der Waals surface area contributed by atoms with Gasteiger partial charge in [0.25, 0.3) is 0 Å². The second-order valence-electron chi connectivity index (χ2n) is 3.61. The van der Waals surface area contributed by atoms with Crippen molar-refractivity contribution in [1.29, 1.82) is 0 Å². The number of anilines is 1. The van der Waals surface area contributed by atoms with Crippen LogP contribution >= 0.6 is 11.3 Å². The molecule has 1 N–H and O–H groups in total. The minimum atomic E-state index is -2.90. The van der Waals surface area contributed by atoms with Gasteiger partial charge < -0.3 is 5.32 Å². The van der Waals surface area contributed by atoms with Gasteiger partial charge in [0.05, 0.1) is 5.75 Å². The SMILES string of the molecule is Cc1cscc1NC(C)CS(C)(=O)=O. The van der Waals surface area contributed by atoms with E-state index in [1.165, 1.54) is 6.26 Å². The normalized spacial score (nSPS) is 13.9. The molecule has 1 aromatic heterocycles. The van der Waals surface area contributed by atoms with Crippen LogP contribution < -0.4 is 5.32 Å². The zero-order chi connectivity index (χ0) is 10.8. The van der Waals surface area contributed by atoms with Crippen LogP contribution in [0.15, 0.2) is 10.8 Å². The number of rotatable bonds is 4. The average Bonchev–Trinajstić information content (AvgIpc) is 2.32. The molecule has 0 spiro atoms. The number of sulfone groups is 1. The van der Waals surface area contributed by atoms with E-state index in [4.69, 9.17) is 0 Å². The maximum Gasteiger partial charge on any atom is 0.149 e.